The summed E-state index contributed by atoms with van der Waals surface area (Å²) >= 11 is 0.545. The lowest BCUT2D eigenvalue weighted by atomic mass is 10.00. The van der Waals surface area contributed by atoms with E-state index in [1.54, 1.807) is 0 Å². The summed E-state index contributed by atoms with van der Waals surface area (Å²) in [6, 6.07) is -8.79. The van der Waals surface area contributed by atoms with Gasteiger partial charge in [-0.1, -0.05) is 0 Å². The van der Waals surface area contributed by atoms with Gasteiger partial charge in [-0.25, -0.2) is 29.6 Å². The fourth-order valence-corrected chi connectivity index (χ4v) is 8.03. The van der Waals surface area contributed by atoms with Crippen molar-refractivity contribution in [1.82, 2.24) is 45.6 Å². The zero-order chi connectivity index (χ0) is 51.7. The molecule has 16 N–H and O–H groups in total. The number of aromatic nitrogens is 2. The lowest BCUT2D eigenvalue weighted by Gasteiger charge is -2.29. The molecule has 0 spiro atoms. The molecule has 0 aromatic carbocycles. The van der Waals surface area contributed by atoms with Crippen molar-refractivity contribution in [3.63, 3.8) is 0 Å². The van der Waals surface area contributed by atoms with E-state index in [2.05, 4.69) is 20.9 Å². The van der Waals surface area contributed by atoms with Crippen LogP contribution in [-0.4, -0.2) is 199 Å². The molecule has 1 aliphatic heterocycles. The average molecular weight is 993 g/mol. The van der Waals surface area contributed by atoms with Gasteiger partial charge >= 0.3 is 17.7 Å². The number of nitrogens with two attached hydrogens (primary N) is 2. The number of carbonyl (C=O) groups excluding carboxylic acids is 8. The van der Waals surface area contributed by atoms with Crippen LogP contribution in [0.15, 0.2) is 22.1 Å². The van der Waals surface area contributed by atoms with Crippen LogP contribution in [0.2, 0.25) is 0 Å². The van der Waals surface area contributed by atoms with E-state index in [1.165, 1.54) is 13.1 Å². The van der Waals surface area contributed by atoms with Gasteiger partial charge in [0.05, 0.1) is 30.1 Å². The van der Waals surface area contributed by atoms with E-state index in [0.717, 1.165) is 36.1 Å². The maximum Gasteiger partial charge on any atom is 0.340 e. The van der Waals surface area contributed by atoms with Crippen LogP contribution >= 0.6 is 11.8 Å². The summed E-state index contributed by atoms with van der Waals surface area (Å²) in [4.78, 5) is 129. The smallest absolute Gasteiger partial charge is 0.340 e. The van der Waals surface area contributed by atoms with Crippen molar-refractivity contribution >= 4 is 65.1 Å². The third-order valence-electron chi connectivity index (χ3n) is 10.4. The second kappa shape index (κ2) is 27.1. The average Bonchev–Trinajstić information content (AvgIpc) is 3.56. The standard InChI is InChI=1S/C37H60N12O18S/c1-17(51)47(65)12-5-8-20(38)30(57)40-21(9-6-13-48(66)18(2)52)31(58)41-22(10-7-14-49(67)19(3)53)32(59)42-23(16-50)33(60)44-25(35(61)62)26(54)29-27(55)28(56)34(68-29)46-15-11-24(43-36(39)63)45(4)37(46)64/h11,15,20-23,25-29,34,50,54-56,65-67H,5-10,12-14,16,38H2,1-4H3,(H2,39,63)(H,40,57)(H,41,58)(H,42,59)(H,44,60)(H,61,62)/b43-24-. The molecule has 2 heterocycles. The first-order valence-electron chi connectivity index (χ1n) is 20.8. The van der Waals surface area contributed by atoms with E-state index >= 15 is 0 Å². The van der Waals surface area contributed by atoms with E-state index in [1.807, 2.05) is 5.32 Å². The van der Waals surface area contributed by atoms with E-state index in [4.69, 9.17) is 11.5 Å². The Kier molecular flexibility index (Phi) is 23.1. The molecule has 1 aromatic rings. The topological polar surface area (TPSA) is 465 Å². The predicted molar refractivity (Wildman–Crippen MR) is 229 cm³/mol. The Hall–Kier alpha value is -6.06. The highest BCUT2D eigenvalue weighted by atomic mass is 32.2. The van der Waals surface area contributed by atoms with E-state index in [9.17, 15) is 89.1 Å². The summed E-state index contributed by atoms with van der Waals surface area (Å²) < 4.78 is 1.78. The molecule has 0 radical (unpaired) electrons. The normalized spacial score (nSPS) is 19.6. The van der Waals surface area contributed by atoms with Crippen LogP contribution in [0.5, 0.6) is 0 Å². The summed E-state index contributed by atoms with van der Waals surface area (Å²) in [6.45, 7) is 1.07. The van der Waals surface area contributed by atoms with Crippen molar-refractivity contribution in [2.75, 3.05) is 26.2 Å². The highest BCUT2D eigenvalue weighted by Gasteiger charge is 2.50. The van der Waals surface area contributed by atoms with Crippen molar-refractivity contribution in [3.05, 3.63) is 28.2 Å². The Morgan fingerprint density at radius 1 is 0.750 bits per heavy atom. The first-order chi connectivity index (χ1) is 31.7. The van der Waals surface area contributed by atoms with Crippen molar-refractivity contribution in [1.29, 1.82) is 0 Å². The number of hydrogen-bond donors (Lipinski definition) is 14. The second-order valence-electron chi connectivity index (χ2n) is 15.5. The third kappa shape index (κ3) is 16.9. The molecule has 0 bridgehead atoms. The molecule has 1 fully saturated rings. The van der Waals surface area contributed by atoms with Crippen molar-refractivity contribution in [2.45, 2.75) is 118 Å². The number of amides is 9. The maximum absolute atomic E-state index is 13.8. The molecular formula is C37H60N12O18S. The lowest BCUT2D eigenvalue weighted by molar-refractivity contribution is -0.163. The molecule has 68 heavy (non-hydrogen) atoms. The van der Waals surface area contributed by atoms with Gasteiger partial charge in [-0.15, -0.1) is 11.8 Å². The first-order valence-corrected chi connectivity index (χ1v) is 21.7. The molecule has 31 heteroatoms. The Labute approximate surface area is 390 Å². The number of primary amides is 1. The van der Waals surface area contributed by atoms with Gasteiger partial charge in [-0.05, 0) is 44.6 Å². The van der Waals surface area contributed by atoms with Crippen molar-refractivity contribution in [2.24, 2.45) is 23.5 Å². The number of urea groups is 1. The number of nitrogens with zero attached hydrogens (tertiary/aromatic N) is 6. The molecule has 10 atom stereocenters. The molecule has 382 valence electrons. The van der Waals surface area contributed by atoms with Crippen LogP contribution < -0.4 is 43.9 Å². The second-order valence-corrected chi connectivity index (χ2v) is 16.8. The van der Waals surface area contributed by atoms with Crippen LogP contribution in [0.1, 0.15) is 64.7 Å². The van der Waals surface area contributed by atoms with Gasteiger partial charge in [0.25, 0.3) is 0 Å². The van der Waals surface area contributed by atoms with E-state index < -0.39 is 131 Å². The highest BCUT2D eigenvalue weighted by molar-refractivity contribution is 8.00. The summed E-state index contributed by atoms with van der Waals surface area (Å²) in [5.41, 5.74) is 9.99. The molecular weight excluding hydrogens is 933 g/mol. The molecule has 9 amide bonds. The van der Waals surface area contributed by atoms with Crippen LogP contribution in [0.3, 0.4) is 0 Å². The van der Waals surface area contributed by atoms with Crippen LogP contribution in [0, 0.1) is 0 Å². The van der Waals surface area contributed by atoms with Crippen LogP contribution in [-0.2, 0) is 45.4 Å². The molecule has 30 nitrogen and oxygen atoms in total. The third-order valence-corrected chi connectivity index (χ3v) is 12.0. The monoisotopic (exact) mass is 992 g/mol. The van der Waals surface area contributed by atoms with Crippen molar-refractivity contribution < 1.29 is 84.3 Å². The van der Waals surface area contributed by atoms with Gasteiger partial charge < -0.3 is 58.3 Å². The Balaban J connectivity index is 2.35. The summed E-state index contributed by atoms with van der Waals surface area (Å²) in [5, 5.41) is 89.5. The molecule has 1 aromatic heterocycles. The molecule has 2 rings (SSSR count). The van der Waals surface area contributed by atoms with Crippen molar-refractivity contribution in [3.8, 4) is 0 Å². The van der Waals surface area contributed by atoms with Gasteiger partial charge in [0.15, 0.2) is 6.04 Å². The summed E-state index contributed by atoms with van der Waals surface area (Å²) in [5.74, 6) is -8.71. The summed E-state index contributed by atoms with van der Waals surface area (Å²) in [7, 11) is 1.21. The van der Waals surface area contributed by atoms with Gasteiger partial charge in [0.1, 0.15) is 35.1 Å². The molecule has 1 aliphatic rings. The van der Waals surface area contributed by atoms with Gasteiger partial charge in [0, 0.05) is 53.6 Å². The molecule has 0 saturated carbocycles. The number of carboxylic acids is 1. The largest absolute Gasteiger partial charge is 0.480 e. The molecule has 1 saturated heterocycles. The number of carboxylic acid groups (broad SMARTS) is 1. The number of aliphatic hydroxyl groups excluding tert-OH is 4. The molecule has 0 aliphatic carbocycles. The zero-order valence-electron chi connectivity index (χ0n) is 37.4. The number of hydrogen-bond acceptors (Lipinski definition) is 19. The number of rotatable bonds is 25. The Morgan fingerprint density at radius 2 is 1.19 bits per heavy atom. The number of thioether (sulfide) groups is 1. The number of nitrogens with one attached hydrogen (secondary N) is 4. The van der Waals surface area contributed by atoms with Gasteiger partial charge in [-0.3, -0.25) is 58.3 Å². The SMILES string of the molecule is CC(=O)N(O)CCCC(N)C(=O)NC(CCCN(O)C(C)=O)C(=O)NC(CCCN(O)C(C)=O)C(=O)NC(CO)C(=O)NC(C(=O)O)C(O)C1SC(n2cc/c(=N/C(N)=O)n(C)c2=O)C(O)C1O. The Morgan fingerprint density at radius 3 is 1.63 bits per heavy atom. The predicted octanol–water partition coefficient (Wildman–Crippen LogP) is -6.74. The fraction of sp³-hybridized carbons (Fsp3) is 0.649. The number of aliphatic carboxylic acids is 1. The quantitative estimate of drug-likeness (QED) is 0.0320. The maximum atomic E-state index is 13.8. The minimum Gasteiger partial charge on any atom is -0.480 e. The lowest BCUT2D eigenvalue weighted by Crippen LogP contribution is -2.61. The van der Waals surface area contributed by atoms with E-state index in [-0.39, 0.29) is 57.2 Å². The highest BCUT2D eigenvalue weighted by Crippen LogP contribution is 2.43. The van der Waals surface area contributed by atoms with E-state index in [0.29, 0.717) is 27.0 Å². The minimum atomic E-state index is -2.31. The van der Waals surface area contributed by atoms with Crippen LogP contribution in [0.4, 0.5) is 4.79 Å². The van der Waals surface area contributed by atoms with Crippen LogP contribution in [0.25, 0.3) is 0 Å². The zero-order valence-corrected chi connectivity index (χ0v) is 38.2. The summed E-state index contributed by atoms with van der Waals surface area (Å²) in [6.07, 6.45) is -5.91. The number of carbonyl (C=O) groups is 9. The van der Waals surface area contributed by atoms with Gasteiger partial charge in [0.2, 0.25) is 41.4 Å². The fourth-order valence-electron chi connectivity index (χ4n) is 6.46. The first kappa shape index (κ1) is 58.1. The van der Waals surface area contributed by atoms with Gasteiger partial charge in [-0.2, -0.15) is 4.99 Å². The number of aliphatic hydroxyl groups is 4. The Bertz CT molecular complexity index is 2130. The minimum absolute atomic E-state index is 0.0520. The number of hydroxylamine groups is 6. The molecule has 10 unspecified atom stereocenters.